The second-order valence-electron chi connectivity index (χ2n) is 8.20. The average Bonchev–Trinajstić information content (AvgIpc) is 3.24. The fourth-order valence-electron chi connectivity index (χ4n) is 3.99. The maximum absolute atomic E-state index is 5.57. The minimum atomic E-state index is 0.193. The van der Waals surface area contributed by atoms with E-state index in [4.69, 9.17) is 9.47 Å². The van der Waals surface area contributed by atoms with Gasteiger partial charge in [-0.1, -0.05) is 12.1 Å². The van der Waals surface area contributed by atoms with E-state index in [2.05, 4.69) is 62.9 Å². The van der Waals surface area contributed by atoms with Gasteiger partial charge in [-0.15, -0.1) is 0 Å². The molecule has 176 valence electrons. The summed E-state index contributed by atoms with van der Waals surface area (Å²) in [5.41, 5.74) is 2.42. The largest absolute Gasteiger partial charge is 0.497 e. The van der Waals surface area contributed by atoms with Crippen LogP contribution in [-0.4, -0.2) is 93.2 Å². The third-order valence-corrected chi connectivity index (χ3v) is 5.87. The number of nitrogens with zero attached hydrogens (tertiary/aromatic N) is 5. The number of aromatic nitrogens is 2. The van der Waals surface area contributed by atoms with Crippen molar-refractivity contribution in [2.75, 3.05) is 67.6 Å². The van der Waals surface area contributed by atoms with Crippen LogP contribution in [-0.2, 0) is 11.8 Å². The number of guanidine groups is 1. The van der Waals surface area contributed by atoms with Crippen LogP contribution >= 0.6 is 0 Å². The van der Waals surface area contributed by atoms with Crippen LogP contribution in [0.3, 0.4) is 0 Å². The lowest BCUT2D eigenvalue weighted by atomic mass is 10.0. The van der Waals surface area contributed by atoms with Crippen molar-refractivity contribution < 1.29 is 9.47 Å². The molecule has 3 rings (SSSR count). The van der Waals surface area contributed by atoms with Gasteiger partial charge in [-0.3, -0.25) is 14.6 Å². The lowest BCUT2D eigenvalue weighted by Gasteiger charge is -2.35. The van der Waals surface area contributed by atoms with Gasteiger partial charge in [0.2, 0.25) is 0 Å². The lowest BCUT2D eigenvalue weighted by Crippen LogP contribution is -2.47. The second kappa shape index (κ2) is 11.8. The standard InChI is InChI=1S/C23H37N7O2/c1-24-23(25-15-21(28(2)3)19-14-27-29(4)17-19)26-16-22(30-10-12-32-13-11-30)18-6-8-20(31-5)9-7-18/h6-9,14,17,21-22H,10-13,15-16H2,1-5H3,(H2,24,25,26). The molecule has 0 amide bonds. The van der Waals surface area contributed by atoms with Gasteiger partial charge in [0.15, 0.2) is 5.96 Å². The summed E-state index contributed by atoms with van der Waals surface area (Å²) in [5.74, 6) is 1.65. The first-order chi connectivity index (χ1) is 15.5. The Bertz CT molecular complexity index is 844. The summed E-state index contributed by atoms with van der Waals surface area (Å²) >= 11 is 0. The summed E-state index contributed by atoms with van der Waals surface area (Å²) in [7, 11) is 9.59. The zero-order valence-electron chi connectivity index (χ0n) is 19.9. The van der Waals surface area contributed by atoms with Gasteiger partial charge >= 0.3 is 0 Å². The molecule has 9 nitrogen and oxygen atoms in total. The van der Waals surface area contributed by atoms with E-state index in [9.17, 15) is 0 Å². The maximum atomic E-state index is 5.57. The van der Waals surface area contributed by atoms with E-state index in [0.29, 0.717) is 0 Å². The van der Waals surface area contributed by atoms with Crippen LogP contribution in [0.4, 0.5) is 0 Å². The molecule has 2 unspecified atom stereocenters. The number of aryl methyl sites for hydroxylation is 1. The van der Waals surface area contributed by atoms with Crippen molar-refractivity contribution >= 4 is 5.96 Å². The quantitative estimate of drug-likeness (QED) is 0.446. The SMILES string of the molecule is CN=C(NCC(c1cnn(C)c1)N(C)C)NCC(c1ccc(OC)cc1)N1CCOCC1. The number of nitrogens with one attached hydrogen (secondary N) is 2. The number of rotatable bonds is 9. The van der Waals surface area contributed by atoms with E-state index >= 15 is 0 Å². The molecule has 1 saturated heterocycles. The molecule has 0 saturated carbocycles. The zero-order valence-corrected chi connectivity index (χ0v) is 19.9. The summed E-state index contributed by atoms with van der Waals surface area (Å²) in [5, 5.41) is 11.3. The smallest absolute Gasteiger partial charge is 0.191 e. The molecule has 9 heteroatoms. The number of hydrogen-bond acceptors (Lipinski definition) is 6. The van der Waals surface area contributed by atoms with E-state index in [1.165, 1.54) is 11.1 Å². The number of morpholine rings is 1. The van der Waals surface area contributed by atoms with Gasteiger partial charge in [-0.25, -0.2) is 0 Å². The Labute approximate surface area is 191 Å². The summed E-state index contributed by atoms with van der Waals surface area (Å²) < 4.78 is 12.7. The van der Waals surface area contributed by atoms with Crippen molar-refractivity contribution in [3.8, 4) is 5.75 Å². The highest BCUT2D eigenvalue weighted by Crippen LogP contribution is 2.23. The molecule has 2 heterocycles. The Balaban J connectivity index is 1.64. The Hall–Kier alpha value is -2.62. The lowest BCUT2D eigenvalue weighted by molar-refractivity contribution is 0.0170. The van der Waals surface area contributed by atoms with Gasteiger partial charge in [-0.05, 0) is 31.8 Å². The zero-order chi connectivity index (χ0) is 22.9. The van der Waals surface area contributed by atoms with Crippen molar-refractivity contribution in [2.45, 2.75) is 12.1 Å². The van der Waals surface area contributed by atoms with E-state index in [1.54, 1.807) is 14.2 Å². The van der Waals surface area contributed by atoms with Crippen LogP contribution in [0.25, 0.3) is 0 Å². The monoisotopic (exact) mass is 443 g/mol. The number of aliphatic imine (C=N–C) groups is 1. The summed E-state index contributed by atoms with van der Waals surface area (Å²) in [6, 6.07) is 8.73. The average molecular weight is 444 g/mol. The molecule has 2 N–H and O–H groups in total. The minimum Gasteiger partial charge on any atom is -0.497 e. The molecule has 32 heavy (non-hydrogen) atoms. The summed E-state index contributed by atoms with van der Waals surface area (Å²) in [6.07, 6.45) is 3.97. The van der Waals surface area contributed by atoms with Crippen LogP contribution in [0.15, 0.2) is 41.7 Å². The Morgan fingerprint density at radius 1 is 1.16 bits per heavy atom. The highest BCUT2D eigenvalue weighted by atomic mass is 16.5. The van der Waals surface area contributed by atoms with Crippen molar-refractivity contribution in [1.82, 2.24) is 30.2 Å². The highest BCUT2D eigenvalue weighted by molar-refractivity contribution is 5.79. The molecule has 0 bridgehead atoms. The third kappa shape index (κ3) is 6.44. The van der Waals surface area contributed by atoms with Crippen LogP contribution in [0, 0.1) is 0 Å². The number of benzene rings is 1. The fraction of sp³-hybridized carbons (Fsp3) is 0.565. The van der Waals surface area contributed by atoms with Crippen molar-refractivity contribution in [3.63, 3.8) is 0 Å². The van der Waals surface area contributed by atoms with Gasteiger partial charge in [0.1, 0.15) is 5.75 Å². The molecule has 1 fully saturated rings. The Kier molecular flexibility index (Phi) is 8.90. The number of hydrogen-bond donors (Lipinski definition) is 2. The minimum absolute atomic E-state index is 0.193. The van der Waals surface area contributed by atoms with Gasteiger partial charge < -0.3 is 25.0 Å². The van der Waals surface area contributed by atoms with Crippen LogP contribution in [0.1, 0.15) is 23.2 Å². The maximum Gasteiger partial charge on any atom is 0.191 e. The molecule has 1 aliphatic heterocycles. The molecule has 1 aromatic heterocycles. The van der Waals surface area contributed by atoms with E-state index < -0.39 is 0 Å². The molecule has 1 aromatic carbocycles. The molecule has 1 aliphatic rings. The predicted octanol–water partition coefficient (Wildman–Crippen LogP) is 1.27. The van der Waals surface area contributed by atoms with E-state index in [-0.39, 0.29) is 12.1 Å². The van der Waals surface area contributed by atoms with Crippen molar-refractivity contribution in [2.24, 2.45) is 12.0 Å². The first-order valence-corrected chi connectivity index (χ1v) is 11.1. The topological polar surface area (TPSA) is 79.2 Å². The molecule has 0 aliphatic carbocycles. The van der Waals surface area contributed by atoms with Crippen molar-refractivity contribution in [3.05, 3.63) is 47.8 Å². The molecular formula is C23H37N7O2. The van der Waals surface area contributed by atoms with Gasteiger partial charge in [0, 0.05) is 52.0 Å². The Morgan fingerprint density at radius 3 is 2.41 bits per heavy atom. The summed E-state index contributed by atoms with van der Waals surface area (Å²) in [6.45, 7) is 4.81. The number of ether oxygens (including phenoxy) is 2. The second-order valence-corrected chi connectivity index (χ2v) is 8.20. The first-order valence-electron chi connectivity index (χ1n) is 11.1. The normalized spacial score (nSPS) is 17.2. The van der Waals surface area contributed by atoms with Crippen molar-refractivity contribution in [1.29, 1.82) is 0 Å². The third-order valence-electron chi connectivity index (χ3n) is 5.87. The van der Waals surface area contributed by atoms with Gasteiger partial charge in [0.25, 0.3) is 0 Å². The highest BCUT2D eigenvalue weighted by Gasteiger charge is 2.23. The van der Waals surface area contributed by atoms with E-state index in [0.717, 1.165) is 51.1 Å². The number of likely N-dealkylation sites (N-methyl/N-ethyl adjacent to an activating group) is 1. The Morgan fingerprint density at radius 2 is 1.84 bits per heavy atom. The van der Waals surface area contributed by atoms with Gasteiger partial charge in [0.05, 0.1) is 38.6 Å². The molecule has 0 radical (unpaired) electrons. The van der Waals surface area contributed by atoms with Crippen LogP contribution < -0.4 is 15.4 Å². The van der Waals surface area contributed by atoms with Crippen LogP contribution in [0.2, 0.25) is 0 Å². The van der Waals surface area contributed by atoms with Crippen LogP contribution in [0.5, 0.6) is 5.75 Å². The predicted molar refractivity (Wildman–Crippen MR) is 127 cm³/mol. The fourth-order valence-corrected chi connectivity index (χ4v) is 3.99. The van der Waals surface area contributed by atoms with Gasteiger partial charge in [-0.2, -0.15) is 5.10 Å². The number of methoxy groups -OCH3 is 1. The molecule has 2 aromatic rings. The first kappa shape index (κ1) is 24.0. The summed E-state index contributed by atoms with van der Waals surface area (Å²) in [4.78, 5) is 9.10. The van der Waals surface area contributed by atoms with E-state index in [1.807, 2.05) is 30.1 Å². The molecular weight excluding hydrogens is 406 g/mol. The molecule has 2 atom stereocenters. The molecule has 0 spiro atoms.